The molecule has 0 bridgehead atoms. The number of carboxylic acids is 1. The monoisotopic (exact) mass is 449 g/mol. The lowest BCUT2D eigenvalue weighted by molar-refractivity contribution is -0.385. The number of nitro groups is 1. The Labute approximate surface area is 175 Å². The molecule has 10 nitrogen and oxygen atoms in total. The molecule has 1 aliphatic heterocycles. The molecular weight excluding hydrogens is 427 g/mol. The highest BCUT2D eigenvalue weighted by Crippen LogP contribution is 2.33. The van der Waals surface area contributed by atoms with Crippen LogP contribution in [0.3, 0.4) is 0 Å². The lowest BCUT2D eigenvalue weighted by Crippen LogP contribution is -2.49. The van der Waals surface area contributed by atoms with Gasteiger partial charge in [-0.25, -0.2) is 9.59 Å². The minimum Gasteiger partial charge on any atom is -0.477 e. The molecule has 1 heterocycles. The first-order valence-electron chi connectivity index (χ1n) is 9.17. The number of hydrogen-bond acceptors (Lipinski definition) is 7. The summed E-state index contributed by atoms with van der Waals surface area (Å²) >= 11 is 0. The van der Waals surface area contributed by atoms with Crippen LogP contribution in [0.1, 0.15) is 36.7 Å². The molecule has 1 saturated heterocycles. The van der Waals surface area contributed by atoms with Crippen molar-refractivity contribution in [1.82, 2.24) is 9.80 Å². The van der Waals surface area contributed by atoms with E-state index in [9.17, 15) is 32.9 Å². The van der Waals surface area contributed by atoms with Gasteiger partial charge in [0.2, 0.25) is 0 Å². The second-order valence-corrected chi connectivity index (χ2v) is 7.83. The number of rotatable bonds is 5. The molecule has 1 N–H and O–H groups in total. The van der Waals surface area contributed by atoms with E-state index < -0.39 is 45.9 Å². The molecule has 1 aromatic rings. The first-order valence-corrected chi connectivity index (χ1v) is 9.17. The van der Waals surface area contributed by atoms with E-state index in [0.29, 0.717) is 6.07 Å². The number of hydrogen-bond donors (Lipinski definition) is 1. The number of carbonyl (C=O) groups excluding carboxylic acids is 1. The van der Waals surface area contributed by atoms with Crippen molar-refractivity contribution in [3.8, 4) is 5.75 Å². The molecule has 1 amide bonds. The van der Waals surface area contributed by atoms with Crippen LogP contribution >= 0.6 is 0 Å². The molecule has 172 valence electrons. The molecule has 0 aromatic heterocycles. The number of nitro benzene ring substituents is 1. The maximum Gasteiger partial charge on any atom is 0.573 e. The van der Waals surface area contributed by atoms with Crippen molar-refractivity contribution in [2.75, 3.05) is 26.2 Å². The quantitative estimate of drug-likeness (QED) is 0.537. The van der Waals surface area contributed by atoms with Gasteiger partial charge in [0, 0.05) is 50.4 Å². The normalized spacial score (nSPS) is 15.5. The zero-order chi connectivity index (χ0) is 23.6. The fourth-order valence-electron chi connectivity index (χ4n) is 2.93. The average Bonchev–Trinajstić information content (AvgIpc) is 2.60. The molecule has 0 atom stereocenters. The molecule has 13 heteroatoms. The molecular formula is C18H22F3N3O7. The molecule has 0 saturated carbocycles. The van der Waals surface area contributed by atoms with E-state index in [2.05, 4.69) is 4.74 Å². The third kappa shape index (κ3) is 6.98. The third-order valence-corrected chi connectivity index (χ3v) is 4.25. The molecule has 0 radical (unpaired) electrons. The van der Waals surface area contributed by atoms with Crippen molar-refractivity contribution in [1.29, 1.82) is 0 Å². The predicted octanol–water partition coefficient (Wildman–Crippen LogP) is 3.24. The summed E-state index contributed by atoms with van der Waals surface area (Å²) in [6.07, 6.45) is -5.63. The fourth-order valence-corrected chi connectivity index (χ4v) is 2.93. The molecule has 0 spiro atoms. The average molecular weight is 449 g/mol. The highest BCUT2D eigenvalue weighted by molar-refractivity contribution is 5.93. The van der Waals surface area contributed by atoms with Gasteiger partial charge < -0.3 is 19.5 Å². The van der Waals surface area contributed by atoms with E-state index in [1.807, 2.05) is 0 Å². The lowest BCUT2D eigenvalue weighted by atomic mass is 10.1. The number of ether oxygens (including phenoxy) is 2. The van der Waals surface area contributed by atoms with Gasteiger partial charge in [0.05, 0.1) is 4.92 Å². The summed E-state index contributed by atoms with van der Waals surface area (Å²) in [6, 6.07) is 1.27. The molecule has 31 heavy (non-hydrogen) atoms. The summed E-state index contributed by atoms with van der Waals surface area (Å²) in [7, 11) is 0. The summed E-state index contributed by atoms with van der Waals surface area (Å²) < 4.78 is 47.6. The van der Waals surface area contributed by atoms with Gasteiger partial charge in [0.15, 0.2) is 0 Å². The second kappa shape index (κ2) is 8.96. The number of aromatic carboxylic acids is 1. The first-order chi connectivity index (χ1) is 14.2. The standard InChI is InChI=1S/C18H22F3N3O7/c1-17(2,3)31-16(27)23-6-4-22(5-7-23)10-11-8-13(24(28)29)12(15(25)26)9-14(11)30-18(19,20)21/h8-9H,4-7,10H2,1-3H3,(H,25,26). The summed E-state index contributed by atoms with van der Waals surface area (Å²) in [5.41, 5.74) is -2.63. The van der Waals surface area contributed by atoms with Crippen LogP contribution in [-0.4, -0.2) is 70.0 Å². The minimum atomic E-state index is -5.12. The Morgan fingerprint density at radius 3 is 2.19 bits per heavy atom. The van der Waals surface area contributed by atoms with Crippen molar-refractivity contribution in [2.45, 2.75) is 39.3 Å². The van der Waals surface area contributed by atoms with E-state index in [4.69, 9.17) is 9.84 Å². The SMILES string of the molecule is CC(C)(C)OC(=O)N1CCN(Cc2cc([N+](=O)[O-])c(C(=O)O)cc2OC(F)(F)F)CC1. The summed E-state index contributed by atoms with van der Waals surface area (Å²) in [6.45, 7) is 5.98. The number of nitrogens with zero attached hydrogens (tertiary/aromatic N) is 3. The van der Waals surface area contributed by atoms with Gasteiger partial charge in [0.1, 0.15) is 16.9 Å². The summed E-state index contributed by atoms with van der Waals surface area (Å²) in [5.74, 6) is -2.58. The van der Waals surface area contributed by atoms with Crippen LogP contribution in [0, 0.1) is 10.1 Å². The molecule has 1 aromatic carbocycles. The maximum atomic E-state index is 12.8. The van der Waals surface area contributed by atoms with Gasteiger partial charge in [-0.05, 0) is 20.8 Å². The molecule has 0 aliphatic carbocycles. The van der Waals surface area contributed by atoms with Gasteiger partial charge in [0.25, 0.3) is 5.69 Å². The van der Waals surface area contributed by atoms with Crippen LogP contribution < -0.4 is 4.74 Å². The van der Waals surface area contributed by atoms with Crippen molar-refractivity contribution >= 4 is 17.7 Å². The van der Waals surface area contributed by atoms with Gasteiger partial charge >= 0.3 is 18.4 Å². The number of alkyl halides is 3. The lowest BCUT2D eigenvalue weighted by Gasteiger charge is -2.35. The van der Waals surface area contributed by atoms with Gasteiger partial charge in [-0.15, -0.1) is 13.2 Å². The summed E-state index contributed by atoms with van der Waals surface area (Å²) in [4.78, 5) is 36.7. The van der Waals surface area contributed by atoms with Crippen molar-refractivity contribution in [3.05, 3.63) is 33.4 Å². The number of amides is 1. The third-order valence-electron chi connectivity index (χ3n) is 4.25. The zero-order valence-corrected chi connectivity index (χ0v) is 17.1. The predicted molar refractivity (Wildman–Crippen MR) is 99.8 cm³/mol. The van der Waals surface area contributed by atoms with E-state index >= 15 is 0 Å². The Bertz CT molecular complexity index is 860. The topological polar surface area (TPSA) is 122 Å². The van der Waals surface area contributed by atoms with Crippen LogP contribution in [0.2, 0.25) is 0 Å². The Morgan fingerprint density at radius 2 is 1.74 bits per heavy atom. The van der Waals surface area contributed by atoms with E-state index in [0.717, 1.165) is 6.07 Å². The van der Waals surface area contributed by atoms with E-state index in [-0.39, 0.29) is 38.3 Å². The van der Waals surface area contributed by atoms with Crippen LogP contribution in [0.4, 0.5) is 23.7 Å². The molecule has 1 fully saturated rings. The Balaban J connectivity index is 2.22. The van der Waals surface area contributed by atoms with Crippen molar-refractivity contribution in [3.63, 3.8) is 0 Å². The number of carbonyl (C=O) groups is 2. The van der Waals surface area contributed by atoms with Crippen LogP contribution in [0.5, 0.6) is 5.75 Å². The largest absolute Gasteiger partial charge is 0.573 e. The molecule has 0 unspecified atom stereocenters. The summed E-state index contributed by atoms with van der Waals surface area (Å²) in [5, 5.41) is 20.3. The van der Waals surface area contributed by atoms with Gasteiger partial charge in [-0.2, -0.15) is 0 Å². The van der Waals surface area contributed by atoms with Crippen molar-refractivity contribution in [2.24, 2.45) is 0 Å². The number of benzene rings is 1. The first kappa shape index (κ1) is 24.2. The van der Waals surface area contributed by atoms with E-state index in [1.165, 1.54) is 4.90 Å². The van der Waals surface area contributed by atoms with Crippen molar-refractivity contribution < 1.29 is 42.3 Å². The second-order valence-electron chi connectivity index (χ2n) is 7.83. The molecule has 1 aliphatic rings. The maximum absolute atomic E-state index is 12.8. The number of carboxylic acid groups (broad SMARTS) is 1. The Kier molecular flexibility index (Phi) is 6.99. The van der Waals surface area contributed by atoms with Gasteiger partial charge in [-0.1, -0.05) is 0 Å². The molecule has 2 rings (SSSR count). The number of piperazine rings is 1. The van der Waals surface area contributed by atoms with E-state index in [1.54, 1.807) is 25.7 Å². The van der Waals surface area contributed by atoms with Crippen LogP contribution in [0.25, 0.3) is 0 Å². The fraction of sp³-hybridized carbons (Fsp3) is 0.556. The number of halogens is 3. The van der Waals surface area contributed by atoms with Gasteiger partial charge in [-0.3, -0.25) is 15.0 Å². The smallest absolute Gasteiger partial charge is 0.477 e. The highest BCUT2D eigenvalue weighted by Gasteiger charge is 2.35. The Morgan fingerprint density at radius 1 is 1.16 bits per heavy atom. The Hall–Kier alpha value is -3.09. The minimum absolute atomic E-state index is 0.172. The highest BCUT2D eigenvalue weighted by atomic mass is 19.4. The zero-order valence-electron chi connectivity index (χ0n) is 17.1. The van der Waals surface area contributed by atoms with Crippen LogP contribution in [-0.2, 0) is 11.3 Å². The van der Waals surface area contributed by atoms with Crippen LogP contribution in [0.15, 0.2) is 12.1 Å².